The lowest BCUT2D eigenvalue weighted by Gasteiger charge is -2.47. The predicted molar refractivity (Wildman–Crippen MR) is 96.2 cm³/mol. The summed E-state index contributed by atoms with van der Waals surface area (Å²) in [6.45, 7) is 4.59. The number of hydrogen-bond donors (Lipinski definition) is 1. The number of halogens is 1. The quantitative estimate of drug-likeness (QED) is 0.711. The van der Waals surface area contributed by atoms with Crippen molar-refractivity contribution in [2.45, 2.75) is 90.3 Å². The van der Waals surface area contributed by atoms with Gasteiger partial charge in [0, 0.05) is 6.04 Å². The summed E-state index contributed by atoms with van der Waals surface area (Å²) in [6, 6.07) is 0.631. The molecule has 23 heavy (non-hydrogen) atoms. The van der Waals surface area contributed by atoms with E-state index in [0.29, 0.717) is 17.9 Å². The molecule has 3 fully saturated rings. The van der Waals surface area contributed by atoms with Crippen LogP contribution in [0.15, 0.2) is 0 Å². The lowest BCUT2D eigenvalue weighted by atomic mass is 9.60. The van der Waals surface area contributed by atoms with Crippen LogP contribution in [0.4, 0.5) is 4.39 Å². The summed E-state index contributed by atoms with van der Waals surface area (Å²) >= 11 is 0. The molecule has 2 heteroatoms. The van der Waals surface area contributed by atoms with Gasteiger partial charge in [-0.3, -0.25) is 0 Å². The van der Waals surface area contributed by atoms with E-state index in [1.165, 1.54) is 57.8 Å². The maximum Gasteiger partial charge on any atom is 0.106 e. The third-order valence-corrected chi connectivity index (χ3v) is 7.77. The second-order valence-electron chi connectivity index (χ2n) is 9.23. The zero-order chi connectivity index (χ0) is 16.4. The Morgan fingerprint density at radius 3 is 2.35 bits per heavy atom. The molecule has 3 saturated carbocycles. The van der Waals surface area contributed by atoms with Crippen LogP contribution in [0.25, 0.3) is 0 Å². The highest BCUT2D eigenvalue weighted by molar-refractivity contribution is 4.95. The molecule has 0 aromatic rings. The summed E-state index contributed by atoms with van der Waals surface area (Å²) in [4.78, 5) is 0. The summed E-state index contributed by atoms with van der Waals surface area (Å²) in [7, 11) is 2.07. The smallest absolute Gasteiger partial charge is 0.106 e. The summed E-state index contributed by atoms with van der Waals surface area (Å²) in [6.07, 6.45) is 12.5. The third kappa shape index (κ3) is 4.11. The minimum absolute atomic E-state index is 0.279. The van der Waals surface area contributed by atoms with E-state index in [2.05, 4.69) is 26.2 Å². The first-order valence-electron chi connectivity index (χ1n) is 10.4. The van der Waals surface area contributed by atoms with Gasteiger partial charge in [0.05, 0.1) is 0 Å². The second-order valence-corrected chi connectivity index (χ2v) is 9.23. The highest BCUT2D eigenvalue weighted by atomic mass is 19.1. The molecule has 0 amide bonds. The molecule has 0 aromatic heterocycles. The Kier molecular flexibility index (Phi) is 6.04. The molecule has 0 radical (unpaired) electrons. The number of nitrogens with one attached hydrogen (secondary N) is 1. The van der Waals surface area contributed by atoms with Crippen molar-refractivity contribution in [1.82, 2.24) is 5.32 Å². The van der Waals surface area contributed by atoms with Gasteiger partial charge in [0.25, 0.3) is 0 Å². The molecule has 1 nitrogen and oxygen atoms in total. The van der Waals surface area contributed by atoms with Crippen LogP contribution in [-0.4, -0.2) is 19.3 Å². The van der Waals surface area contributed by atoms with Crippen LogP contribution in [0.2, 0.25) is 0 Å². The maximum atomic E-state index is 15.0. The van der Waals surface area contributed by atoms with Gasteiger partial charge in [0.1, 0.15) is 6.17 Å². The van der Waals surface area contributed by atoms with Crippen LogP contribution >= 0.6 is 0 Å². The number of fused-ring (bicyclic) bond motifs is 1. The molecule has 0 spiro atoms. The van der Waals surface area contributed by atoms with Crippen molar-refractivity contribution in [3.63, 3.8) is 0 Å². The summed E-state index contributed by atoms with van der Waals surface area (Å²) in [5.41, 5.74) is 0. The largest absolute Gasteiger partial charge is 0.317 e. The fourth-order valence-corrected chi connectivity index (χ4v) is 6.00. The van der Waals surface area contributed by atoms with E-state index in [1.54, 1.807) is 0 Å². The Labute approximate surface area is 143 Å². The summed E-state index contributed by atoms with van der Waals surface area (Å²) in [5, 5.41) is 3.43. The second kappa shape index (κ2) is 7.85. The van der Waals surface area contributed by atoms with E-state index in [-0.39, 0.29) is 5.92 Å². The van der Waals surface area contributed by atoms with Gasteiger partial charge in [-0.2, -0.15) is 0 Å². The van der Waals surface area contributed by atoms with Crippen LogP contribution in [0.3, 0.4) is 0 Å². The molecule has 3 aliphatic rings. The monoisotopic (exact) mass is 323 g/mol. The first-order valence-corrected chi connectivity index (χ1v) is 10.4. The van der Waals surface area contributed by atoms with Crippen molar-refractivity contribution >= 4 is 0 Å². The van der Waals surface area contributed by atoms with E-state index in [1.807, 2.05) is 0 Å². The average molecular weight is 324 g/mol. The molecule has 1 N–H and O–H groups in total. The topological polar surface area (TPSA) is 12.0 Å². The van der Waals surface area contributed by atoms with Gasteiger partial charge in [-0.05, 0) is 74.7 Å². The highest BCUT2D eigenvalue weighted by Gasteiger charge is 2.44. The summed E-state index contributed by atoms with van der Waals surface area (Å²) in [5.74, 6) is 3.89. The van der Waals surface area contributed by atoms with Crippen molar-refractivity contribution in [3.05, 3.63) is 0 Å². The third-order valence-electron chi connectivity index (χ3n) is 7.77. The molecule has 0 bridgehead atoms. The fourth-order valence-electron chi connectivity index (χ4n) is 6.00. The minimum Gasteiger partial charge on any atom is -0.317 e. The van der Waals surface area contributed by atoms with Gasteiger partial charge >= 0.3 is 0 Å². The fraction of sp³-hybridized carbons (Fsp3) is 1.00. The van der Waals surface area contributed by atoms with E-state index < -0.39 is 6.17 Å². The molecule has 0 aromatic carbocycles. The van der Waals surface area contributed by atoms with Crippen LogP contribution in [0, 0.1) is 35.5 Å². The predicted octanol–water partition coefficient (Wildman–Crippen LogP) is 5.59. The van der Waals surface area contributed by atoms with Crippen molar-refractivity contribution in [1.29, 1.82) is 0 Å². The Hall–Kier alpha value is -0.110. The molecular weight excluding hydrogens is 285 g/mol. The van der Waals surface area contributed by atoms with Crippen molar-refractivity contribution in [2.24, 2.45) is 35.5 Å². The lowest BCUT2D eigenvalue weighted by molar-refractivity contribution is -0.0138. The van der Waals surface area contributed by atoms with Crippen LogP contribution < -0.4 is 5.32 Å². The standard InChI is InChI=1S/C21H38FN/c1-14-4-6-16(7-5-14)8-9-18-12-17-10-11-19(23-3)13-20(17)15(2)21(18)22/h14-21,23H,4-13H2,1-3H3. The molecule has 6 unspecified atom stereocenters. The number of hydrogen-bond acceptors (Lipinski definition) is 1. The van der Waals surface area contributed by atoms with E-state index >= 15 is 4.39 Å². The van der Waals surface area contributed by atoms with E-state index in [4.69, 9.17) is 0 Å². The lowest BCUT2D eigenvalue weighted by Crippen LogP contribution is -2.46. The molecule has 6 atom stereocenters. The van der Waals surface area contributed by atoms with Gasteiger partial charge in [-0.1, -0.05) is 46.0 Å². The van der Waals surface area contributed by atoms with Gasteiger partial charge in [-0.15, -0.1) is 0 Å². The van der Waals surface area contributed by atoms with Crippen LogP contribution in [0.5, 0.6) is 0 Å². The van der Waals surface area contributed by atoms with Gasteiger partial charge in [0.15, 0.2) is 0 Å². The van der Waals surface area contributed by atoms with Gasteiger partial charge in [0.2, 0.25) is 0 Å². The number of rotatable bonds is 4. The Morgan fingerprint density at radius 2 is 1.65 bits per heavy atom. The first kappa shape index (κ1) is 17.7. The van der Waals surface area contributed by atoms with E-state index in [0.717, 1.165) is 24.2 Å². The van der Waals surface area contributed by atoms with Crippen molar-refractivity contribution in [2.75, 3.05) is 7.05 Å². The zero-order valence-electron chi connectivity index (χ0n) is 15.6. The zero-order valence-corrected chi connectivity index (χ0v) is 15.6. The molecule has 0 aliphatic heterocycles. The normalized spacial score (nSPS) is 48.0. The Morgan fingerprint density at radius 1 is 0.913 bits per heavy atom. The molecule has 3 aliphatic carbocycles. The van der Waals surface area contributed by atoms with Gasteiger partial charge < -0.3 is 5.32 Å². The Bertz CT molecular complexity index is 361. The van der Waals surface area contributed by atoms with E-state index in [9.17, 15) is 0 Å². The maximum absolute atomic E-state index is 15.0. The number of alkyl halides is 1. The highest BCUT2D eigenvalue weighted by Crippen LogP contribution is 2.48. The molecule has 0 saturated heterocycles. The van der Waals surface area contributed by atoms with Crippen LogP contribution in [-0.2, 0) is 0 Å². The first-order chi connectivity index (χ1) is 11.1. The van der Waals surface area contributed by atoms with Crippen molar-refractivity contribution in [3.8, 4) is 0 Å². The van der Waals surface area contributed by atoms with Crippen LogP contribution in [0.1, 0.15) is 78.1 Å². The molecule has 3 rings (SSSR count). The van der Waals surface area contributed by atoms with Crippen molar-refractivity contribution < 1.29 is 4.39 Å². The minimum atomic E-state index is -0.547. The molecular formula is C21H38FN. The molecule has 134 valence electrons. The average Bonchev–Trinajstić information content (AvgIpc) is 2.58. The SMILES string of the molecule is CNC1CCC2CC(CCC3CCC(C)CC3)C(F)C(C)C2C1. The molecule has 0 heterocycles. The summed E-state index contributed by atoms with van der Waals surface area (Å²) < 4.78 is 15.0. The Balaban J connectivity index is 1.51. The van der Waals surface area contributed by atoms with Gasteiger partial charge in [-0.25, -0.2) is 4.39 Å².